The van der Waals surface area contributed by atoms with E-state index < -0.39 is 15.6 Å². The Morgan fingerprint density at radius 2 is 1.45 bits per heavy atom. The van der Waals surface area contributed by atoms with Crippen LogP contribution in [0.15, 0.2) is 83.8 Å². The Hall–Kier alpha value is -2.47. The zero-order chi connectivity index (χ0) is 20.9. The molecule has 152 valence electrons. The first-order valence-electron chi connectivity index (χ1n) is 9.79. The molecule has 0 radical (unpaired) electrons. The Morgan fingerprint density at radius 3 is 2.03 bits per heavy atom. The Bertz CT molecular complexity index is 1030. The van der Waals surface area contributed by atoms with Gasteiger partial charge in [-0.25, -0.2) is 13.1 Å². The Labute approximate surface area is 173 Å². The molecular weight excluding hydrogens is 382 g/mol. The summed E-state index contributed by atoms with van der Waals surface area (Å²) < 4.78 is 27.7. The van der Waals surface area contributed by atoms with Crippen molar-refractivity contribution >= 4 is 10.0 Å². The molecule has 0 spiro atoms. The SMILES string of the molecule is CCCc1ccc(S(=O)(=O)NCC(C)(O)c2ccc(-c3ccccc3)cc2)cc1. The van der Waals surface area contributed by atoms with Crippen LogP contribution in [-0.2, 0) is 22.0 Å². The molecule has 1 unspecified atom stereocenters. The van der Waals surface area contributed by atoms with Gasteiger partial charge in [-0.15, -0.1) is 0 Å². The summed E-state index contributed by atoms with van der Waals surface area (Å²) in [5.41, 5.74) is 2.56. The van der Waals surface area contributed by atoms with Gasteiger partial charge in [-0.2, -0.15) is 0 Å². The lowest BCUT2D eigenvalue weighted by Crippen LogP contribution is -2.38. The van der Waals surface area contributed by atoms with Gasteiger partial charge >= 0.3 is 0 Å². The van der Waals surface area contributed by atoms with Gasteiger partial charge in [0.2, 0.25) is 10.0 Å². The van der Waals surface area contributed by atoms with E-state index in [1.54, 1.807) is 19.1 Å². The minimum atomic E-state index is -3.69. The number of sulfonamides is 1. The van der Waals surface area contributed by atoms with E-state index in [-0.39, 0.29) is 11.4 Å². The molecule has 0 aliphatic heterocycles. The molecule has 1 atom stereocenters. The third-order valence-electron chi connectivity index (χ3n) is 4.99. The summed E-state index contributed by atoms with van der Waals surface area (Å²) in [4.78, 5) is 0.201. The molecule has 0 heterocycles. The highest BCUT2D eigenvalue weighted by Crippen LogP contribution is 2.25. The Kier molecular flexibility index (Phi) is 6.52. The number of aryl methyl sites for hydroxylation is 1. The second-order valence-corrected chi connectivity index (χ2v) is 9.20. The summed E-state index contributed by atoms with van der Waals surface area (Å²) in [6.45, 7) is 3.58. The number of rotatable bonds is 8. The average molecular weight is 410 g/mol. The Balaban J connectivity index is 1.70. The highest BCUT2D eigenvalue weighted by atomic mass is 32.2. The standard InChI is InChI=1S/C24H27NO3S/c1-3-7-19-10-16-23(17-11-19)29(27,28)25-18-24(2,26)22-14-12-21(13-15-22)20-8-5-4-6-9-20/h4-6,8-17,25-26H,3,7,18H2,1-2H3. The summed E-state index contributed by atoms with van der Waals surface area (Å²) in [6, 6.07) is 24.4. The summed E-state index contributed by atoms with van der Waals surface area (Å²) >= 11 is 0. The molecule has 0 saturated heterocycles. The number of aliphatic hydroxyl groups is 1. The predicted molar refractivity (Wildman–Crippen MR) is 117 cm³/mol. The lowest BCUT2D eigenvalue weighted by Gasteiger charge is -2.24. The zero-order valence-electron chi connectivity index (χ0n) is 16.8. The van der Waals surface area contributed by atoms with Crippen LogP contribution in [0.1, 0.15) is 31.4 Å². The third kappa shape index (κ3) is 5.32. The van der Waals surface area contributed by atoms with Crippen molar-refractivity contribution in [2.24, 2.45) is 0 Å². The van der Waals surface area contributed by atoms with Crippen molar-refractivity contribution in [1.82, 2.24) is 4.72 Å². The van der Waals surface area contributed by atoms with E-state index in [2.05, 4.69) is 11.6 Å². The summed E-state index contributed by atoms with van der Waals surface area (Å²) in [7, 11) is -3.69. The second-order valence-electron chi connectivity index (χ2n) is 7.44. The zero-order valence-corrected chi connectivity index (χ0v) is 17.6. The molecule has 2 N–H and O–H groups in total. The molecule has 3 aromatic rings. The van der Waals surface area contributed by atoms with Crippen molar-refractivity contribution in [1.29, 1.82) is 0 Å². The van der Waals surface area contributed by atoms with Gasteiger partial charge in [0, 0.05) is 6.54 Å². The van der Waals surface area contributed by atoms with Crippen molar-refractivity contribution in [2.45, 2.75) is 37.2 Å². The van der Waals surface area contributed by atoms with Crippen LogP contribution in [0, 0.1) is 0 Å². The third-order valence-corrected chi connectivity index (χ3v) is 6.41. The van der Waals surface area contributed by atoms with Crippen LogP contribution in [0.2, 0.25) is 0 Å². The number of hydrogen-bond donors (Lipinski definition) is 2. The van der Waals surface area contributed by atoms with Crippen LogP contribution in [0.4, 0.5) is 0 Å². The summed E-state index contributed by atoms with van der Waals surface area (Å²) in [5.74, 6) is 0. The average Bonchev–Trinajstić information content (AvgIpc) is 2.74. The maximum Gasteiger partial charge on any atom is 0.240 e. The van der Waals surface area contributed by atoms with Gasteiger partial charge in [-0.05, 0) is 47.7 Å². The van der Waals surface area contributed by atoms with Crippen LogP contribution >= 0.6 is 0 Å². The largest absolute Gasteiger partial charge is 0.384 e. The maximum atomic E-state index is 12.6. The van der Waals surface area contributed by atoms with E-state index in [0.717, 1.165) is 29.5 Å². The van der Waals surface area contributed by atoms with E-state index in [1.807, 2.05) is 66.7 Å². The molecule has 0 aliphatic carbocycles. The van der Waals surface area contributed by atoms with Crippen molar-refractivity contribution in [2.75, 3.05) is 6.54 Å². The van der Waals surface area contributed by atoms with Gasteiger partial charge in [0.25, 0.3) is 0 Å². The number of nitrogens with one attached hydrogen (secondary N) is 1. The number of benzene rings is 3. The van der Waals surface area contributed by atoms with Crippen LogP contribution in [0.5, 0.6) is 0 Å². The predicted octanol–water partition coefficient (Wildman–Crippen LogP) is 4.49. The van der Waals surface area contributed by atoms with Crippen molar-refractivity contribution in [3.63, 3.8) is 0 Å². The Morgan fingerprint density at radius 1 is 0.862 bits per heavy atom. The molecule has 0 amide bonds. The van der Waals surface area contributed by atoms with Gasteiger partial charge in [0.1, 0.15) is 5.60 Å². The maximum absolute atomic E-state index is 12.6. The highest BCUT2D eigenvalue weighted by Gasteiger charge is 2.26. The van der Waals surface area contributed by atoms with Crippen LogP contribution in [0.25, 0.3) is 11.1 Å². The smallest absolute Gasteiger partial charge is 0.240 e. The lowest BCUT2D eigenvalue weighted by molar-refractivity contribution is 0.0627. The van der Waals surface area contributed by atoms with Gasteiger partial charge in [0.15, 0.2) is 0 Å². The van der Waals surface area contributed by atoms with Gasteiger partial charge in [-0.1, -0.05) is 80.1 Å². The molecule has 0 aromatic heterocycles. The van der Waals surface area contributed by atoms with E-state index in [0.29, 0.717) is 5.56 Å². The molecule has 0 bridgehead atoms. The van der Waals surface area contributed by atoms with Gasteiger partial charge < -0.3 is 5.11 Å². The molecule has 0 fully saturated rings. The quantitative estimate of drug-likeness (QED) is 0.576. The molecule has 29 heavy (non-hydrogen) atoms. The monoisotopic (exact) mass is 409 g/mol. The second kappa shape index (κ2) is 8.91. The van der Waals surface area contributed by atoms with Crippen LogP contribution < -0.4 is 4.72 Å². The molecular formula is C24H27NO3S. The molecule has 0 saturated carbocycles. The van der Waals surface area contributed by atoms with E-state index in [9.17, 15) is 13.5 Å². The number of hydrogen-bond acceptors (Lipinski definition) is 3. The lowest BCUT2D eigenvalue weighted by atomic mass is 9.94. The first-order chi connectivity index (χ1) is 13.8. The fourth-order valence-corrected chi connectivity index (χ4v) is 4.33. The van der Waals surface area contributed by atoms with Crippen molar-refractivity contribution < 1.29 is 13.5 Å². The highest BCUT2D eigenvalue weighted by molar-refractivity contribution is 7.89. The van der Waals surface area contributed by atoms with E-state index in [1.165, 1.54) is 0 Å². The fraction of sp³-hybridized carbons (Fsp3) is 0.250. The van der Waals surface area contributed by atoms with E-state index >= 15 is 0 Å². The normalized spacial score (nSPS) is 13.8. The van der Waals surface area contributed by atoms with E-state index in [4.69, 9.17) is 0 Å². The molecule has 4 nitrogen and oxygen atoms in total. The topological polar surface area (TPSA) is 66.4 Å². The fourth-order valence-electron chi connectivity index (χ4n) is 3.20. The molecule has 0 aliphatic rings. The van der Waals surface area contributed by atoms with Crippen LogP contribution in [0.3, 0.4) is 0 Å². The van der Waals surface area contributed by atoms with Crippen molar-refractivity contribution in [3.05, 3.63) is 90.0 Å². The van der Waals surface area contributed by atoms with Crippen molar-refractivity contribution in [3.8, 4) is 11.1 Å². The summed E-state index contributed by atoms with van der Waals surface area (Å²) in [6.07, 6.45) is 1.93. The van der Waals surface area contributed by atoms with Gasteiger partial charge in [-0.3, -0.25) is 0 Å². The molecule has 3 aromatic carbocycles. The molecule has 3 rings (SSSR count). The molecule has 5 heteroatoms. The minimum Gasteiger partial charge on any atom is -0.384 e. The van der Waals surface area contributed by atoms with Crippen LogP contribution in [-0.4, -0.2) is 20.1 Å². The summed E-state index contributed by atoms with van der Waals surface area (Å²) in [5, 5.41) is 10.8. The first kappa shape index (κ1) is 21.2. The minimum absolute atomic E-state index is 0.114. The van der Waals surface area contributed by atoms with Gasteiger partial charge in [0.05, 0.1) is 4.90 Å². The first-order valence-corrected chi connectivity index (χ1v) is 11.3.